The molecule has 4 rings (SSSR count). The maximum atomic E-state index is 13.4. The van der Waals surface area contributed by atoms with E-state index < -0.39 is 23.7 Å². The Labute approximate surface area is 214 Å². The molecule has 0 aliphatic carbocycles. The first-order valence-electron chi connectivity index (χ1n) is 11.6. The highest BCUT2D eigenvalue weighted by molar-refractivity contribution is 6.51. The molecule has 8 heteroatoms. The van der Waals surface area contributed by atoms with Gasteiger partial charge >= 0.3 is 5.97 Å². The Morgan fingerprint density at radius 2 is 1.62 bits per heavy atom. The second-order valence-corrected chi connectivity index (χ2v) is 8.82. The number of carboxylic acids is 1. The van der Waals surface area contributed by atoms with Crippen molar-refractivity contribution >= 4 is 29.1 Å². The Morgan fingerprint density at radius 1 is 0.919 bits per heavy atom. The number of benzene rings is 3. The summed E-state index contributed by atoms with van der Waals surface area (Å²) >= 11 is 0. The van der Waals surface area contributed by atoms with Crippen LogP contribution in [0, 0.1) is 13.8 Å². The molecule has 3 aromatic carbocycles. The maximum absolute atomic E-state index is 13.4. The van der Waals surface area contributed by atoms with E-state index in [2.05, 4.69) is 0 Å². The molecule has 190 valence electrons. The van der Waals surface area contributed by atoms with Crippen LogP contribution in [0.2, 0.25) is 0 Å². The van der Waals surface area contributed by atoms with Gasteiger partial charge in [-0.05, 0) is 72.5 Å². The van der Waals surface area contributed by atoms with Gasteiger partial charge < -0.3 is 19.7 Å². The smallest absolute Gasteiger partial charge is 0.307 e. The first-order chi connectivity index (χ1) is 17.7. The number of carbonyl (C=O) groups excluding carboxylic acids is 2. The molecule has 37 heavy (non-hydrogen) atoms. The number of rotatable bonds is 7. The van der Waals surface area contributed by atoms with Crippen LogP contribution in [-0.2, 0) is 20.8 Å². The van der Waals surface area contributed by atoms with Gasteiger partial charge in [0.1, 0.15) is 17.3 Å². The summed E-state index contributed by atoms with van der Waals surface area (Å²) in [5.74, 6) is -1.73. The van der Waals surface area contributed by atoms with Gasteiger partial charge in [-0.2, -0.15) is 0 Å². The predicted octanol–water partition coefficient (Wildman–Crippen LogP) is 4.57. The molecule has 1 aliphatic rings. The van der Waals surface area contributed by atoms with E-state index >= 15 is 0 Å². The highest BCUT2D eigenvalue weighted by Crippen LogP contribution is 2.43. The topological polar surface area (TPSA) is 113 Å². The number of ketones is 1. The lowest BCUT2D eigenvalue weighted by molar-refractivity contribution is -0.136. The number of aliphatic hydroxyl groups excluding tert-OH is 1. The Hall–Kier alpha value is -4.59. The fourth-order valence-electron chi connectivity index (χ4n) is 4.58. The minimum atomic E-state index is -0.977. The summed E-state index contributed by atoms with van der Waals surface area (Å²) in [7, 11) is 3.07. The Balaban J connectivity index is 1.93. The molecule has 8 nitrogen and oxygen atoms in total. The van der Waals surface area contributed by atoms with Crippen LogP contribution >= 0.6 is 0 Å². The van der Waals surface area contributed by atoms with Crippen LogP contribution in [0.25, 0.3) is 5.76 Å². The van der Waals surface area contributed by atoms with Crippen LogP contribution in [-0.4, -0.2) is 42.1 Å². The van der Waals surface area contributed by atoms with E-state index in [4.69, 9.17) is 14.6 Å². The molecule has 3 aromatic rings. The second kappa shape index (κ2) is 10.2. The molecule has 1 fully saturated rings. The minimum Gasteiger partial charge on any atom is -0.507 e. The highest BCUT2D eigenvalue weighted by atomic mass is 16.5. The normalized spacial score (nSPS) is 16.6. The zero-order chi connectivity index (χ0) is 26.9. The number of carbonyl (C=O) groups is 3. The van der Waals surface area contributed by atoms with Crippen molar-refractivity contribution in [1.82, 2.24) is 0 Å². The summed E-state index contributed by atoms with van der Waals surface area (Å²) in [6.07, 6.45) is -0.172. The molecule has 1 aliphatic heterocycles. The Bertz CT molecular complexity index is 1420. The van der Waals surface area contributed by atoms with Crippen molar-refractivity contribution in [3.8, 4) is 11.5 Å². The third kappa shape index (κ3) is 4.78. The molecule has 1 heterocycles. The van der Waals surface area contributed by atoms with Crippen molar-refractivity contribution in [1.29, 1.82) is 0 Å². The van der Waals surface area contributed by atoms with Crippen LogP contribution in [0.3, 0.4) is 0 Å². The Morgan fingerprint density at radius 3 is 2.24 bits per heavy atom. The minimum absolute atomic E-state index is 0.0551. The zero-order valence-electron chi connectivity index (χ0n) is 20.9. The molecule has 1 unspecified atom stereocenters. The second-order valence-electron chi connectivity index (χ2n) is 8.82. The van der Waals surface area contributed by atoms with E-state index in [9.17, 15) is 19.5 Å². The van der Waals surface area contributed by atoms with E-state index in [-0.39, 0.29) is 17.8 Å². The molecule has 0 spiro atoms. The summed E-state index contributed by atoms with van der Waals surface area (Å²) in [6.45, 7) is 3.61. The lowest BCUT2D eigenvalue weighted by atomic mass is 9.93. The third-order valence-corrected chi connectivity index (χ3v) is 6.42. The number of Topliss-reactive ketones (excluding diaryl/α,β-unsaturated/α-hetero) is 1. The van der Waals surface area contributed by atoms with Crippen molar-refractivity contribution < 1.29 is 34.1 Å². The number of aliphatic carboxylic acids is 1. The maximum Gasteiger partial charge on any atom is 0.307 e. The summed E-state index contributed by atoms with van der Waals surface area (Å²) < 4.78 is 10.7. The van der Waals surface area contributed by atoms with Crippen molar-refractivity contribution in [2.75, 3.05) is 19.1 Å². The number of aryl methyl sites for hydroxylation is 2. The van der Waals surface area contributed by atoms with E-state index in [0.717, 1.165) is 5.56 Å². The molecular weight excluding hydrogens is 474 g/mol. The Kier molecular flexibility index (Phi) is 7.02. The molecule has 1 saturated heterocycles. The number of anilines is 1. The number of ether oxygens (including phenoxy) is 2. The van der Waals surface area contributed by atoms with Crippen molar-refractivity contribution in [2.45, 2.75) is 26.3 Å². The van der Waals surface area contributed by atoms with Crippen LogP contribution in [0.4, 0.5) is 5.69 Å². The number of hydrogen-bond acceptors (Lipinski definition) is 6. The van der Waals surface area contributed by atoms with Crippen molar-refractivity contribution in [2.24, 2.45) is 0 Å². The standard InChI is InChI=1S/C29H27NO7/c1-16-13-23(37-4)17(2)12-22(16)27(33)25-26(19-6-5-7-21(15-19)36-3)30(29(35)28(25)34)20-10-8-18(9-11-20)14-24(31)32/h5-13,15,26,33H,14H2,1-4H3,(H,31,32)/b27-25+. The van der Waals surface area contributed by atoms with Gasteiger partial charge in [-0.1, -0.05) is 24.3 Å². The average Bonchev–Trinajstić information content (AvgIpc) is 3.15. The average molecular weight is 502 g/mol. The van der Waals surface area contributed by atoms with Gasteiger partial charge in [0.25, 0.3) is 11.7 Å². The summed E-state index contributed by atoms with van der Waals surface area (Å²) in [6, 6.07) is 15.9. The van der Waals surface area contributed by atoms with Gasteiger partial charge in [0.2, 0.25) is 0 Å². The number of amides is 1. The van der Waals surface area contributed by atoms with Gasteiger partial charge in [0.05, 0.1) is 32.3 Å². The van der Waals surface area contributed by atoms with E-state index in [1.165, 1.54) is 12.0 Å². The quantitative estimate of drug-likeness (QED) is 0.277. The SMILES string of the molecule is COc1cccc(C2/C(=C(\O)c3cc(C)c(OC)cc3C)C(=O)C(=O)N2c2ccc(CC(=O)O)cc2)c1. The highest BCUT2D eigenvalue weighted by Gasteiger charge is 2.47. The first kappa shape index (κ1) is 25.5. The molecular formula is C29H27NO7. The zero-order valence-corrected chi connectivity index (χ0v) is 20.9. The van der Waals surface area contributed by atoms with Gasteiger partial charge in [0, 0.05) is 11.3 Å². The molecule has 0 saturated carbocycles. The van der Waals surface area contributed by atoms with Gasteiger partial charge in [-0.15, -0.1) is 0 Å². The monoisotopic (exact) mass is 501 g/mol. The summed E-state index contributed by atoms with van der Waals surface area (Å²) in [5, 5.41) is 20.6. The van der Waals surface area contributed by atoms with Gasteiger partial charge in [-0.3, -0.25) is 19.3 Å². The van der Waals surface area contributed by atoms with Crippen LogP contribution in [0.1, 0.15) is 33.9 Å². The lowest BCUT2D eigenvalue weighted by Gasteiger charge is -2.26. The van der Waals surface area contributed by atoms with E-state index in [1.807, 2.05) is 6.92 Å². The van der Waals surface area contributed by atoms with Crippen LogP contribution < -0.4 is 14.4 Å². The molecule has 1 atom stereocenters. The van der Waals surface area contributed by atoms with Crippen molar-refractivity contribution in [3.63, 3.8) is 0 Å². The third-order valence-electron chi connectivity index (χ3n) is 6.42. The fourth-order valence-corrected chi connectivity index (χ4v) is 4.58. The van der Waals surface area contributed by atoms with E-state index in [1.54, 1.807) is 74.7 Å². The summed E-state index contributed by atoms with van der Waals surface area (Å²) in [5.41, 5.74) is 3.31. The number of aliphatic hydroxyl groups is 1. The van der Waals surface area contributed by atoms with Gasteiger partial charge in [-0.25, -0.2) is 0 Å². The molecule has 2 N–H and O–H groups in total. The summed E-state index contributed by atoms with van der Waals surface area (Å²) in [4.78, 5) is 39.2. The van der Waals surface area contributed by atoms with Gasteiger partial charge in [0.15, 0.2) is 0 Å². The molecule has 0 aromatic heterocycles. The van der Waals surface area contributed by atoms with Crippen molar-refractivity contribution in [3.05, 3.63) is 94.1 Å². The number of nitrogens with zero attached hydrogens (tertiary/aromatic N) is 1. The number of carboxylic acid groups (broad SMARTS) is 1. The van der Waals surface area contributed by atoms with Crippen LogP contribution in [0.15, 0.2) is 66.2 Å². The largest absolute Gasteiger partial charge is 0.507 e. The van der Waals surface area contributed by atoms with E-state index in [0.29, 0.717) is 39.4 Å². The van der Waals surface area contributed by atoms with Crippen LogP contribution in [0.5, 0.6) is 11.5 Å². The molecule has 1 amide bonds. The molecule has 0 radical (unpaired) electrons. The lowest BCUT2D eigenvalue weighted by Crippen LogP contribution is -2.29. The first-order valence-corrected chi connectivity index (χ1v) is 11.6. The number of hydrogen-bond donors (Lipinski definition) is 2. The number of methoxy groups -OCH3 is 2. The fraction of sp³-hybridized carbons (Fsp3) is 0.207. The predicted molar refractivity (Wildman–Crippen MR) is 138 cm³/mol. The molecule has 0 bridgehead atoms.